The minimum absolute atomic E-state index is 0.199. The van der Waals surface area contributed by atoms with Gasteiger partial charge in [-0.3, -0.25) is 14.6 Å². The maximum absolute atomic E-state index is 11.7. The Morgan fingerprint density at radius 3 is 2.84 bits per heavy atom. The lowest BCUT2D eigenvalue weighted by atomic mass is 10.1. The highest BCUT2D eigenvalue weighted by atomic mass is 16.5. The fraction of sp³-hybridized carbons (Fsp3) is 0.846. The number of ether oxygens (including phenoxy) is 1. The van der Waals surface area contributed by atoms with Crippen LogP contribution in [0.1, 0.15) is 19.8 Å². The molecular formula is C13H23N3O3. The van der Waals surface area contributed by atoms with Crippen molar-refractivity contribution in [3.05, 3.63) is 0 Å². The van der Waals surface area contributed by atoms with Crippen molar-refractivity contribution < 1.29 is 14.3 Å². The van der Waals surface area contributed by atoms with Crippen LogP contribution in [0.5, 0.6) is 0 Å². The highest BCUT2D eigenvalue weighted by Crippen LogP contribution is 2.21. The van der Waals surface area contributed by atoms with Crippen LogP contribution in [0, 0.1) is 0 Å². The average molecular weight is 269 g/mol. The predicted octanol–water partition coefficient (Wildman–Crippen LogP) is -0.556. The molecule has 0 radical (unpaired) electrons. The maximum Gasteiger partial charge on any atom is 0.329 e. The molecule has 0 aromatic rings. The van der Waals surface area contributed by atoms with Crippen molar-refractivity contribution in [1.29, 1.82) is 0 Å². The summed E-state index contributed by atoms with van der Waals surface area (Å²) in [5, 5.41) is 2.67. The first-order chi connectivity index (χ1) is 9.10. The van der Waals surface area contributed by atoms with Crippen molar-refractivity contribution in [3.8, 4) is 0 Å². The number of hydrogen-bond donors (Lipinski definition) is 1. The van der Waals surface area contributed by atoms with E-state index in [1.54, 1.807) is 0 Å². The molecule has 1 N–H and O–H groups in total. The lowest BCUT2D eigenvalue weighted by Crippen LogP contribution is -2.55. The smallest absolute Gasteiger partial charge is 0.329 e. The molecule has 0 spiro atoms. The SMILES string of the molecule is COC(=O)C(CN1CCN2CCCC2C1)NC(C)=O. The predicted molar refractivity (Wildman–Crippen MR) is 70.7 cm³/mol. The number of hydrogen-bond acceptors (Lipinski definition) is 5. The summed E-state index contributed by atoms with van der Waals surface area (Å²) in [4.78, 5) is 27.6. The fourth-order valence-electron chi connectivity index (χ4n) is 3.05. The highest BCUT2D eigenvalue weighted by molar-refractivity contribution is 5.83. The van der Waals surface area contributed by atoms with Crippen molar-refractivity contribution in [2.45, 2.75) is 31.8 Å². The fourth-order valence-corrected chi connectivity index (χ4v) is 3.05. The second-order valence-electron chi connectivity index (χ2n) is 5.37. The Kier molecular flexibility index (Phi) is 4.76. The van der Waals surface area contributed by atoms with E-state index in [1.807, 2.05) is 0 Å². The van der Waals surface area contributed by atoms with Gasteiger partial charge < -0.3 is 10.1 Å². The van der Waals surface area contributed by atoms with Crippen molar-refractivity contribution >= 4 is 11.9 Å². The molecule has 6 nitrogen and oxygen atoms in total. The summed E-state index contributed by atoms with van der Waals surface area (Å²) in [6.45, 7) is 6.14. The van der Waals surface area contributed by atoms with Crippen molar-refractivity contribution in [2.75, 3.05) is 39.8 Å². The first-order valence-electron chi connectivity index (χ1n) is 6.91. The van der Waals surface area contributed by atoms with Crippen LogP contribution >= 0.6 is 0 Å². The summed E-state index contributed by atoms with van der Waals surface area (Å²) in [6, 6.07) is 0.0554. The van der Waals surface area contributed by atoms with Gasteiger partial charge in [-0.15, -0.1) is 0 Å². The number of carbonyl (C=O) groups excluding carboxylic acids is 2. The molecule has 0 saturated carbocycles. The Morgan fingerprint density at radius 1 is 1.37 bits per heavy atom. The number of carbonyl (C=O) groups is 2. The molecule has 2 rings (SSSR count). The molecule has 1 amide bonds. The summed E-state index contributed by atoms with van der Waals surface area (Å²) >= 11 is 0. The van der Waals surface area contributed by atoms with Gasteiger partial charge in [-0.05, 0) is 19.4 Å². The number of rotatable bonds is 4. The van der Waals surface area contributed by atoms with Crippen molar-refractivity contribution in [2.24, 2.45) is 0 Å². The summed E-state index contributed by atoms with van der Waals surface area (Å²) in [7, 11) is 1.35. The number of nitrogens with zero attached hydrogens (tertiary/aromatic N) is 2. The van der Waals surface area contributed by atoms with Gasteiger partial charge in [0.2, 0.25) is 5.91 Å². The molecule has 2 atom stereocenters. The zero-order valence-corrected chi connectivity index (χ0v) is 11.7. The molecule has 2 unspecified atom stereocenters. The zero-order valence-electron chi connectivity index (χ0n) is 11.7. The topological polar surface area (TPSA) is 61.9 Å². The number of methoxy groups -OCH3 is 1. The van der Waals surface area contributed by atoms with Crippen molar-refractivity contribution in [3.63, 3.8) is 0 Å². The summed E-state index contributed by atoms with van der Waals surface area (Å²) in [5.74, 6) is -0.570. The van der Waals surface area contributed by atoms with E-state index in [0.29, 0.717) is 12.6 Å². The van der Waals surface area contributed by atoms with Gasteiger partial charge in [-0.2, -0.15) is 0 Å². The second kappa shape index (κ2) is 6.34. The van der Waals surface area contributed by atoms with E-state index in [2.05, 4.69) is 15.1 Å². The molecule has 2 heterocycles. The number of amides is 1. The lowest BCUT2D eigenvalue weighted by molar-refractivity contribution is -0.145. The van der Waals surface area contributed by atoms with Crippen LogP contribution in [0.2, 0.25) is 0 Å². The molecule has 2 saturated heterocycles. The molecular weight excluding hydrogens is 246 g/mol. The highest BCUT2D eigenvalue weighted by Gasteiger charge is 2.32. The molecule has 2 aliphatic heterocycles. The Labute approximate surface area is 114 Å². The molecule has 0 aromatic carbocycles. The van der Waals surface area contributed by atoms with E-state index in [0.717, 1.165) is 19.6 Å². The first-order valence-corrected chi connectivity index (χ1v) is 6.91. The third-order valence-corrected chi connectivity index (χ3v) is 3.98. The van der Waals surface area contributed by atoms with Gasteiger partial charge in [0.15, 0.2) is 0 Å². The Bertz CT molecular complexity index is 348. The second-order valence-corrected chi connectivity index (χ2v) is 5.37. The van der Waals surface area contributed by atoms with Gasteiger partial charge in [0.25, 0.3) is 0 Å². The minimum atomic E-state index is -0.560. The Morgan fingerprint density at radius 2 is 2.16 bits per heavy atom. The van der Waals surface area contributed by atoms with Crippen molar-refractivity contribution in [1.82, 2.24) is 15.1 Å². The van der Waals surface area contributed by atoms with E-state index in [-0.39, 0.29) is 11.9 Å². The molecule has 108 valence electrons. The largest absolute Gasteiger partial charge is 0.467 e. The maximum atomic E-state index is 11.7. The van der Waals surface area contributed by atoms with Crippen LogP contribution in [0.25, 0.3) is 0 Å². The number of fused-ring (bicyclic) bond motifs is 1. The summed E-state index contributed by atoms with van der Waals surface area (Å²) in [5.41, 5.74) is 0. The molecule has 0 bridgehead atoms. The summed E-state index contributed by atoms with van der Waals surface area (Å²) in [6.07, 6.45) is 2.50. The monoisotopic (exact) mass is 269 g/mol. The quantitative estimate of drug-likeness (QED) is 0.694. The molecule has 2 fully saturated rings. The first kappa shape index (κ1) is 14.3. The summed E-state index contributed by atoms with van der Waals surface area (Å²) < 4.78 is 4.75. The van der Waals surface area contributed by atoms with Gasteiger partial charge in [-0.25, -0.2) is 4.79 Å². The van der Waals surface area contributed by atoms with Crippen LogP contribution in [-0.2, 0) is 14.3 Å². The van der Waals surface area contributed by atoms with E-state index in [9.17, 15) is 9.59 Å². The van der Waals surface area contributed by atoms with E-state index in [4.69, 9.17) is 4.74 Å². The van der Waals surface area contributed by atoms with E-state index >= 15 is 0 Å². The Hall–Kier alpha value is -1.14. The van der Waals surface area contributed by atoms with Gasteiger partial charge >= 0.3 is 5.97 Å². The minimum Gasteiger partial charge on any atom is -0.467 e. The zero-order chi connectivity index (χ0) is 13.8. The van der Waals surface area contributed by atoms with E-state index < -0.39 is 6.04 Å². The van der Waals surface area contributed by atoms with Gasteiger partial charge in [0.05, 0.1) is 7.11 Å². The Balaban J connectivity index is 1.89. The molecule has 19 heavy (non-hydrogen) atoms. The normalized spacial score (nSPS) is 25.7. The van der Waals surface area contributed by atoms with Gasteiger partial charge in [0, 0.05) is 39.1 Å². The van der Waals surface area contributed by atoms with Crippen LogP contribution < -0.4 is 5.32 Å². The third kappa shape index (κ3) is 3.67. The van der Waals surface area contributed by atoms with Crippen LogP contribution in [-0.4, -0.2) is 73.6 Å². The molecule has 0 aliphatic carbocycles. The van der Waals surface area contributed by atoms with Crippen LogP contribution in [0.4, 0.5) is 0 Å². The molecule has 6 heteroatoms. The third-order valence-electron chi connectivity index (χ3n) is 3.98. The van der Waals surface area contributed by atoms with Gasteiger partial charge in [0.1, 0.15) is 6.04 Å². The standard InChI is InChI=1S/C13H23N3O3/c1-10(17)14-12(13(18)19-2)9-15-6-7-16-5-3-4-11(16)8-15/h11-12H,3-9H2,1-2H3,(H,14,17). The van der Waals surface area contributed by atoms with Crippen LogP contribution in [0.3, 0.4) is 0 Å². The average Bonchev–Trinajstić information content (AvgIpc) is 2.84. The number of piperazine rings is 1. The van der Waals surface area contributed by atoms with Crippen LogP contribution in [0.15, 0.2) is 0 Å². The number of nitrogens with one attached hydrogen (secondary N) is 1. The molecule has 2 aliphatic rings. The van der Waals surface area contributed by atoms with E-state index in [1.165, 1.54) is 33.4 Å². The van der Waals surface area contributed by atoms with Gasteiger partial charge in [-0.1, -0.05) is 0 Å². The lowest BCUT2D eigenvalue weighted by Gasteiger charge is -2.38. The molecule has 0 aromatic heterocycles. The number of esters is 1.